The maximum Gasteiger partial charge on any atom is 0.416 e. The number of hydrogen-bond donors (Lipinski definition) is 2. The van der Waals surface area contributed by atoms with Crippen molar-refractivity contribution in [1.82, 2.24) is 10.3 Å². The third kappa shape index (κ3) is 5.78. The Balaban J connectivity index is 1.50. The van der Waals surface area contributed by atoms with Crippen LogP contribution in [0, 0.1) is 0 Å². The Kier molecular flexibility index (Phi) is 7.33. The molecule has 0 spiro atoms. The summed E-state index contributed by atoms with van der Waals surface area (Å²) < 4.78 is 44.9. The van der Waals surface area contributed by atoms with Gasteiger partial charge in [-0.05, 0) is 64.9 Å². The number of halogens is 3. The quantitative estimate of drug-likeness (QED) is 0.486. The van der Waals surface area contributed by atoms with Crippen molar-refractivity contribution in [3.05, 3.63) is 94.8 Å². The van der Waals surface area contributed by atoms with Crippen molar-refractivity contribution in [2.75, 3.05) is 13.2 Å². The third-order valence-electron chi connectivity index (χ3n) is 6.06. The molecule has 0 fully saturated rings. The average molecular weight is 482 g/mol. The van der Waals surface area contributed by atoms with Gasteiger partial charge in [0.05, 0.1) is 30.4 Å². The van der Waals surface area contributed by atoms with Crippen LogP contribution in [0.5, 0.6) is 0 Å². The molecular weight excluding hydrogens is 455 g/mol. The maximum absolute atomic E-state index is 13.2. The Morgan fingerprint density at radius 3 is 2.54 bits per heavy atom. The van der Waals surface area contributed by atoms with Gasteiger partial charge in [-0.25, -0.2) is 0 Å². The van der Waals surface area contributed by atoms with Gasteiger partial charge in [0.15, 0.2) is 0 Å². The second-order valence-electron chi connectivity index (χ2n) is 8.41. The molecule has 0 bridgehead atoms. The lowest BCUT2D eigenvalue weighted by molar-refractivity contribution is -0.137. The molecule has 1 unspecified atom stereocenters. The monoisotopic (exact) mass is 481 g/mol. The molecule has 0 aliphatic carbocycles. The molecule has 5 nitrogen and oxygen atoms in total. The number of pyridine rings is 1. The van der Waals surface area contributed by atoms with Crippen molar-refractivity contribution in [3.8, 4) is 11.1 Å². The summed E-state index contributed by atoms with van der Waals surface area (Å²) in [6, 6.07) is 12.1. The number of rotatable bonds is 6. The first-order chi connectivity index (χ1) is 16.8. The van der Waals surface area contributed by atoms with Crippen molar-refractivity contribution in [2.24, 2.45) is 5.73 Å². The summed E-state index contributed by atoms with van der Waals surface area (Å²) in [5.41, 5.74) is 10.00. The molecule has 182 valence electrons. The van der Waals surface area contributed by atoms with Crippen LogP contribution in [0.25, 0.3) is 16.7 Å². The number of carbonyl (C=O) groups is 1. The lowest BCUT2D eigenvalue weighted by Crippen LogP contribution is -2.26. The Labute approximate surface area is 201 Å². The van der Waals surface area contributed by atoms with E-state index in [9.17, 15) is 18.0 Å². The number of benzene rings is 2. The van der Waals surface area contributed by atoms with Gasteiger partial charge < -0.3 is 15.8 Å². The standard InChI is InChI=1S/C27H26F3N3O2/c1-17(33-26(34)23-12-22(15-32-16-23)19-8-10-35-11-9-19)18-2-4-20(5-3-18)25-13-24(27(28,29)30)7-6-21(25)14-31/h2-8,12-13,15-17H,9-11,14,31H2,1H3,(H,33,34). The van der Waals surface area contributed by atoms with Gasteiger partial charge in [0.2, 0.25) is 0 Å². The van der Waals surface area contributed by atoms with E-state index in [1.807, 2.05) is 19.1 Å². The largest absolute Gasteiger partial charge is 0.416 e. The summed E-state index contributed by atoms with van der Waals surface area (Å²) in [6.45, 7) is 3.16. The first-order valence-electron chi connectivity index (χ1n) is 11.3. The topological polar surface area (TPSA) is 77.2 Å². The normalized spacial score (nSPS) is 14.8. The lowest BCUT2D eigenvalue weighted by Gasteiger charge is -2.17. The van der Waals surface area contributed by atoms with E-state index in [0.29, 0.717) is 35.5 Å². The number of alkyl halides is 3. The third-order valence-corrected chi connectivity index (χ3v) is 6.06. The molecule has 1 aliphatic heterocycles. The zero-order chi connectivity index (χ0) is 25.0. The summed E-state index contributed by atoms with van der Waals surface area (Å²) in [4.78, 5) is 17.1. The van der Waals surface area contributed by atoms with Crippen molar-refractivity contribution in [2.45, 2.75) is 32.1 Å². The molecular formula is C27H26F3N3O2. The zero-order valence-corrected chi connectivity index (χ0v) is 19.2. The maximum atomic E-state index is 13.2. The number of aromatic nitrogens is 1. The minimum absolute atomic E-state index is 0.124. The first-order valence-corrected chi connectivity index (χ1v) is 11.3. The molecule has 1 aromatic heterocycles. The predicted molar refractivity (Wildman–Crippen MR) is 128 cm³/mol. The van der Waals surface area contributed by atoms with Gasteiger partial charge in [-0.15, -0.1) is 0 Å². The number of nitrogens with two attached hydrogens (primary N) is 1. The van der Waals surface area contributed by atoms with Crippen LogP contribution in [0.15, 0.2) is 67.0 Å². The number of nitrogens with zero attached hydrogens (tertiary/aromatic N) is 1. The zero-order valence-electron chi connectivity index (χ0n) is 19.2. The van der Waals surface area contributed by atoms with Crippen LogP contribution < -0.4 is 11.1 Å². The van der Waals surface area contributed by atoms with Gasteiger partial charge in [-0.2, -0.15) is 13.2 Å². The Hall–Kier alpha value is -3.49. The Bertz CT molecular complexity index is 1240. The molecule has 3 N–H and O–H groups in total. The number of hydrogen-bond acceptors (Lipinski definition) is 4. The summed E-state index contributed by atoms with van der Waals surface area (Å²) in [7, 11) is 0. The highest BCUT2D eigenvalue weighted by Gasteiger charge is 2.31. The molecule has 0 radical (unpaired) electrons. The first kappa shape index (κ1) is 24.6. The fourth-order valence-corrected chi connectivity index (χ4v) is 4.04. The van der Waals surface area contributed by atoms with E-state index in [1.54, 1.807) is 30.5 Å². The molecule has 2 heterocycles. The highest BCUT2D eigenvalue weighted by Crippen LogP contribution is 2.34. The van der Waals surface area contributed by atoms with Gasteiger partial charge in [-0.3, -0.25) is 9.78 Å². The second kappa shape index (κ2) is 10.4. The Morgan fingerprint density at radius 1 is 1.11 bits per heavy atom. The van der Waals surface area contributed by atoms with E-state index < -0.39 is 11.7 Å². The van der Waals surface area contributed by atoms with Gasteiger partial charge >= 0.3 is 6.18 Å². The SMILES string of the molecule is CC(NC(=O)c1cncc(C2=CCOCC2)c1)c1ccc(-c2cc(C(F)(F)F)ccc2CN)cc1. The van der Waals surface area contributed by atoms with E-state index in [4.69, 9.17) is 10.5 Å². The summed E-state index contributed by atoms with van der Waals surface area (Å²) in [5.74, 6) is -0.258. The molecule has 1 aliphatic rings. The fraction of sp³-hybridized carbons (Fsp3) is 0.259. The molecule has 0 saturated heterocycles. The molecule has 3 aromatic rings. The van der Waals surface area contributed by atoms with Crippen molar-refractivity contribution < 1.29 is 22.7 Å². The summed E-state index contributed by atoms with van der Waals surface area (Å²) in [5, 5.41) is 2.96. The van der Waals surface area contributed by atoms with Gasteiger partial charge in [0.1, 0.15) is 0 Å². The van der Waals surface area contributed by atoms with Crippen LogP contribution in [-0.2, 0) is 17.5 Å². The van der Waals surface area contributed by atoms with Gasteiger partial charge in [0, 0.05) is 18.9 Å². The fourth-order valence-electron chi connectivity index (χ4n) is 4.04. The molecule has 35 heavy (non-hydrogen) atoms. The number of nitrogens with one attached hydrogen (secondary N) is 1. The second-order valence-corrected chi connectivity index (χ2v) is 8.41. The molecule has 1 atom stereocenters. The van der Waals surface area contributed by atoms with Gasteiger partial charge in [-0.1, -0.05) is 36.4 Å². The van der Waals surface area contributed by atoms with Crippen LogP contribution in [0.2, 0.25) is 0 Å². The predicted octanol–water partition coefficient (Wildman–Crippen LogP) is 5.52. The smallest absolute Gasteiger partial charge is 0.377 e. The Morgan fingerprint density at radius 2 is 1.89 bits per heavy atom. The van der Waals surface area contributed by atoms with Crippen molar-refractivity contribution >= 4 is 11.5 Å². The highest BCUT2D eigenvalue weighted by molar-refractivity contribution is 5.95. The minimum atomic E-state index is -4.44. The number of carbonyl (C=O) groups excluding carboxylic acids is 1. The van der Waals surface area contributed by atoms with Gasteiger partial charge in [0.25, 0.3) is 5.91 Å². The molecule has 4 rings (SSSR count). The van der Waals surface area contributed by atoms with Crippen LogP contribution >= 0.6 is 0 Å². The lowest BCUT2D eigenvalue weighted by atomic mass is 9.95. The molecule has 0 saturated carbocycles. The van der Waals surface area contributed by atoms with E-state index in [0.717, 1.165) is 35.3 Å². The van der Waals surface area contributed by atoms with E-state index in [1.165, 1.54) is 12.3 Å². The molecule has 2 aromatic carbocycles. The van der Waals surface area contributed by atoms with E-state index >= 15 is 0 Å². The average Bonchev–Trinajstić information content (AvgIpc) is 2.88. The minimum Gasteiger partial charge on any atom is -0.377 e. The van der Waals surface area contributed by atoms with E-state index in [-0.39, 0.29) is 18.5 Å². The molecule has 8 heteroatoms. The van der Waals surface area contributed by atoms with Crippen LogP contribution in [0.4, 0.5) is 13.2 Å². The van der Waals surface area contributed by atoms with Crippen molar-refractivity contribution in [1.29, 1.82) is 0 Å². The van der Waals surface area contributed by atoms with Crippen LogP contribution in [0.1, 0.15) is 52.0 Å². The summed E-state index contributed by atoms with van der Waals surface area (Å²) in [6.07, 6.45) is 1.59. The van der Waals surface area contributed by atoms with Crippen LogP contribution in [-0.4, -0.2) is 24.1 Å². The highest BCUT2D eigenvalue weighted by atomic mass is 19.4. The van der Waals surface area contributed by atoms with E-state index in [2.05, 4.69) is 10.3 Å². The number of amides is 1. The molecule has 1 amide bonds. The van der Waals surface area contributed by atoms with Crippen LogP contribution in [0.3, 0.4) is 0 Å². The van der Waals surface area contributed by atoms with Crippen molar-refractivity contribution in [3.63, 3.8) is 0 Å². The summed E-state index contributed by atoms with van der Waals surface area (Å²) >= 11 is 0. The number of ether oxygens (including phenoxy) is 1.